The van der Waals surface area contributed by atoms with Crippen molar-refractivity contribution in [1.82, 2.24) is 0 Å². The maximum absolute atomic E-state index is 12.5. The van der Waals surface area contributed by atoms with Crippen LogP contribution in [-0.4, -0.2) is 27.2 Å². The Morgan fingerprint density at radius 1 is 0.960 bits per heavy atom. The molecule has 0 aliphatic carbocycles. The second-order valence-corrected chi connectivity index (χ2v) is 6.26. The van der Waals surface area contributed by atoms with Crippen molar-refractivity contribution < 1.29 is 9.53 Å². The predicted octanol–water partition coefficient (Wildman–Crippen LogP) is 4.92. The summed E-state index contributed by atoms with van der Waals surface area (Å²) in [6.07, 6.45) is 2.70. The third kappa shape index (κ3) is 4.72. The predicted molar refractivity (Wildman–Crippen MR) is 105 cm³/mol. The lowest BCUT2D eigenvalue weighted by Gasteiger charge is -2.17. The van der Waals surface area contributed by atoms with Crippen molar-refractivity contribution in [1.29, 1.82) is 0 Å². The molecule has 0 saturated heterocycles. The van der Waals surface area contributed by atoms with Crippen molar-refractivity contribution in [3.63, 3.8) is 0 Å². The Morgan fingerprint density at radius 2 is 1.56 bits per heavy atom. The standard InChI is InChI=1S/C22H27NO2/c1-5-6-12-20(22(24)25-4)21(17-10-8-7-9-11-17)18-13-15-19(16-14-18)23(2)3/h7-11,13-16H,5-6,12H2,1-4H3/b21-20+. The summed E-state index contributed by atoms with van der Waals surface area (Å²) < 4.78 is 5.09. The molecule has 0 spiro atoms. The second kappa shape index (κ2) is 9.07. The van der Waals surface area contributed by atoms with E-state index < -0.39 is 0 Å². The molecule has 0 radical (unpaired) electrons. The number of ether oxygens (including phenoxy) is 1. The Bertz CT molecular complexity index is 715. The first kappa shape index (κ1) is 18.8. The van der Waals surface area contributed by atoms with Crippen molar-refractivity contribution in [3.05, 3.63) is 71.3 Å². The Hall–Kier alpha value is -2.55. The molecule has 2 aromatic rings. The van der Waals surface area contributed by atoms with Gasteiger partial charge in [-0.2, -0.15) is 0 Å². The molecule has 0 atom stereocenters. The summed E-state index contributed by atoms with van der Waals surface area (Å²) in [5.41, 5.74) is 4.91. The molecule has 0 aliphatic heterocycles. The molecule has 0 fully saturated rings. The molecule has 0 N–H and O–H groups in total. The fourth-order valence-corrected chi connectivity index (χ4v) is 2.85. The third-order valence-electron chi connectivity index (χ3n) is 4.25. The molecule has 2 rings (SSSR count). The summed E-state index contributed by atoms with van der Waals surface area (Å²) >= 11 is 0. The fraction of sp³-hybridized carbons (Fsp3) is 0.318. The Labute approximate surface area is 150 Å². The van der Waals surface area contributed by atoms with E-state index in [2.05, 4.69) is 36.1 Å². The van der Waals surface area contributed by atoms with Gasteiger partial charge in [0.25, 0.3) is 0 Å². The number of anilines is 1. The van der Waals surface area contributed by atoms with Crippen molar-refractivity contribution in [2.45, 2.75) is 26.2 Å². The zero-order chi connectivity index (χ0) is 18.2. The Morgan fingerprint density at radius 3 is 2.08 bits per heavy atom. The highest BCUT2D eigenvalue weighted by atomic mass is 16.5. The van der Waals surface area contributed by atoms with Crippen LogP contribution < -0.4 is 4.90 Å². The van der Waals surface area contributed by atoms with Crippen LogP contribution in [0.4, 0.5) is 5.69 Å². The molecule has 0 aliphatic rings. The largest absolute Gasteiger partial charge is 0.466 e. The number of carbonyl (C=O) groups excluding carboxylic acids is 1. The van der Waals surface area contributed by atoms with Gasteiger partial charge in [0, 0.05) is 25.4 Å². The van der Waals surface area contributed by atoms with Crippen LogP contribution in [0.25, 0.3) is 5.57 Å². The Balaban J connectivity index is 2.62. The summed E-state index contributed by atoms with van der Waals surface area (Å²) in [6.45, 7) is 2.13. The first-order chi connectivity index (χ1) is 12.1. The van der Waals surface area contributed by atoms with Gasteiger partial charge in [-0.15, -0.1) is 0 Å². The summed E-state index contributed by atoms with van der Waals surface area (Å²) in [6, 6.07) is 18.4. The van der Waals surface area contributed by atoms with Crippen LogP contribution >= 0.6 is 0 Å². The maximum Gasteiger partial charge on any atom is 0.334 e. The zero-order valence-electron chi connectivity index (χ0n) is 15.6. The van der Waals surface area contributed by atoms with E-state index in [1.807, 2.05) is 44.4 Å². The molecule has 132 valence electrons. The van der Waals surface area contributed by atoms with Gasteiger partial charge in [-0.1, -0.05) is 55.8 Å². The van der Waals surface area contributed by atoms with E-state index in [0.29, 0.717) is 6.42 Å². The van der Waals surface area contributed by atoms with E-state index in [1.165, 1.54) is 7.11 Å². The van der Waals surface area contributed by atoms with Crippen molar-refractivity contribution in [3.8, 4) is 0 Å². The Kier molecular flexibility index (Phi) is 6.81. The minimum absolute atomic E-state index is 0.246. The minimum atomic E-state index is -0.246. The molecule has 3 heteroatoms. The highest BCUT2D eigenvalue weighted by Crippen LogP contribution is 2.31. The van der Waals surface area contributed by atoms with Crippen LogP contribution in [0.1, 0.15) is 37.3 Å². The van der Waals surface area contributed by atoms with Crippen molar-refractivity contribution >= 4 is 17.2 Å². The average molecular weight is 337 g/mol. The highest BCUT2D eigenvalue weighted by Gasteiger charge is 2.18. The van der Waals surface area contributed by atoms with Crippen LogP contribution in [-0.2, 0) is 9.53 Å². The molecule has 0 bridgehead atoms. The number of unbranched alkanes of at least 4 members (excludes halogenated alkanes) is 1. The van der Waals surface area contributed by atoms with Gasteiger partial charge in [-0.25, -0.2) is 4.79 Å². The van der Waals surface area contributed by atoms with Crippen LogP contribution in [0, 0.1) is 0 Å². The molecule has 2 aromatic carbocycles. The van der Waals surface area contributed by atoms with Gasteiger partial charge in [0.05, 0.1) is 7.11 Å². The molecule has 3 nitrogen and oxygen atoms in total. The number of rotatable bonds is 7. The average Bonchev–Trinajstić information content (AvgIpc) is 2.65. The first-order valence-electron chi connectivity index (χ1n) is 8.73. The first-order valence-corrected chi connectivity index (χ1v) is 8.73. The monoisotopic (exact) mass is 337 g/mol. The molecule has 0 saturated carbocycles. The molecular formula is C22H27NO2. The number of hydrogen-bond acceptors (Lipinski definition) is 3. The van der Waals surface area contributed by atoms with Crippen LogP contribution in [0.15, 0.2) is 60.2 Å². The van der Waals surface area contributed by atoms with Gasteiger partial charge in [-0.05, 0) is 41.7 Å². The summed E-state index contributed by atoms with van der Waals surface area (Å²) in [5, 5.41) is 0. The number of hydrogen-bond donors (Lipinski definition) is 0. The fourth-order valence-electron chi connectivity index (χ4n) is 2.85. The molecular weight excluding hydrogens is 310 g/mol. The second-order valence-electron chi connectivity index (χ2n) is 6.26. The van der Waals surface area contributed by atoms with E-state index in [-0.39, 0.29) is 5.97 Å². The lowest BCUT2D eigenvalue weighted by atomic mass is 9.90. The van der Waals surface area contributed by atoms with E-state index in [9.17, 15) is 4.79 Å². The summed E-state index contributed by atoms with van der Waals surface area (Å²) in [5.74, 6) is -0.246. The van der Waals surface area contributed by atoms with Gasteiger partial charge in [0.2, 0.25) is 0 Å². The van der Waals surface area contributed by atoms with Gasteiger partial charge in [0.15, 0.2) is 0 Å². The number of carbonyl (C=O) groups is 1. The quantitative estimate of drug-likeness (QED) is 0.531. The highest BCUT2D eigenvalue weighted by molar-refractivity contribution is 6.01. The molecule has 0 amide bonds. The SMILES string of the molecule is CCCC/C(C(=O)OC)=C(/c1ccccc1)c1ccc(N(C)C)cc1. The van der Waals surface area contributed by atoms with Crippen LogP contribution in [0.3, 0.4) is 0 Å². The lowest BCUT2D eigenvalue weighted by Crippen LogP contribution is -2.10. The van der Waals surface area contributed by atoms with Gasteiger partial charge in [0.1, 0.15) is 0 Å². The third-order valence-corrected chi connectivity index (χ3v) is 4.25. The van der Waals surface area contributed by atoms with Gasteiger partial charge in [-0.3, -0.25) is 0 Å². The van der Waals surface area contributed by atoms with Crippen molar-refractivity contribution in [2.24, 2.45) is 0 Å². The minimum Gasteiger partial charge on any atom is -0.466 e. The van der Waals surface area contributed by atoms with Crippen molar-refractivity contribution in [2.75, 3.05) is 26.1 Å². The summed E-state index contributed by atoms with van der Waals surface area (Å²) in [4.78, 5) is 14.6. The maximum atomic E-state index is 12.5. The molecule has 25 heavy (non-hydrogen) atoms. The molecule has 0 aromatic heterocycles. The topological polar surface area (TPSA) is 29.5 Å². The van der Waals surface area contributed by atoms with E-state index in [1.54, 1.807) is 0 Å². The van der Waals surface area contributed by atoms with E-state index in [4.69, 9.17) is 4.74 Å². The normalized spacial score (nSPS) is 11.7. The lowest BCUT2D eigenvalue weighted by molar-refractivity contribution is -0.136. The van der Waals surface area contributed by atoms with Gasteiger partial charge < -0.3 is 9.64 Å². The number of benzene rings is 2. The number of esters is 1. The van der Waals surface area contributed by atoms with Gasteiger partial charge >= 0.3 is 5.97 Å². The summed E-state index contributed by atoms with van der Waals surface area (Å²) in [7, 11) is 5.49. The van der Waals surface area contributed by atoms with Crippen LogP contribution in [0.5, 0.6) is 0 Å². The number of nitrogens with zero attached hydrogens (tertiary/aromatic N) is 1. The smallest absolute Gasteiger partial charge is 0.334 e. The number of methoxy groups -OCH3 is 1. The molecule has 0 unspecified atom stereocenters. The van der Waals surface area contributed by atoms with E-state index >= 15 is 0 Å². The van der Waals surface area contributed by atoms with E-state index in [0.717, 1.165) is 40.8 Å². The zero-order valence-corrected chi connectivity index (χ0v) is 15.6. The molecule has 0 heterocycles. The van der Waals surface area contributed by atoms with Crippen LogP contribution in [0.2, 0.25) is 0 Å².